The Balaban J connectivity index is 1.97. The molecule has 0 spiro atoms. The first-order valence-electron chi connectivity index (χ1n) is 8.00. The normalized spacial score (nSPS) is 15.5. The Morgan fingerprint density at radius 1 is 1.13 bits per heavy atom. The van der Waals surface area contributed by atoms with E-state index in [0.29, 0.717) is 11.5 Å². The van der Waals surface area contributed by atoms with Gasteiger partial charge in [-0.15, -0.1) is 0 Å². The lowest BCUT2D eigenvalue weighted by molar-refractivity contribution is 0.421. The summed E-state index contributed by atoms with van der Waals surface area (Å²) in [4.78, 5) is 12.0. The van der Waals surface area contributed by atoms with Crippen LogP contribution in [0.2, 0.25) is 0 Å². The van der Waals surface area contributed by atoms with E-state index >= 15 is 0 Å². The van der Waals surface area contributed by atoms with Crippen molar-refractivity contribution in [2.45, 2.75) is 38.5 Å². The second-order valence-corrected chi connectivity index (χ2v) is 6.24. The topological polar surface area (TPSA) is 63.6 Å². The molecule has 0 bridgehead atoms. The van der Waals surface area contributed by atoms with Crippen molar-refractivity contribution in [1.82, 2.24) is 0 Å². The Labute approximate surface area is 133 Å². The highest BCUT2D eigenvalue weighted by molar-refractivity contribution is 5.82. The Morgan fingerprint density at radius 2 is 1.87 bits per heavy atom. The maximum atomic E-state index is 12.0. The number of hydrogen-bond donors (Lipinski definition) is 1. The molecule has 1 fully saturated rings. The first-order valence-corrected chi connectivity index (χ1v) is 8.00. The minimum absolute atomic E-state index is 0.0589. The van der Waals surface area contributed by atoms with Crippen molar-refractivity contribution in [1.29, 1.82) is 0 Å². The molecule has 0 aliphatic heterocycles. The summed E-state index contributed by atoms with van der Waals surface area (Å²) in [6.07, 6.45) is 4.24. The zero-order valence-electron chi connectivity index (χ0n) is 13.0. The largest absolute Gasteiger partial charge is 0.507 e. The van der Waals surface area contributed by atoms with Crippen LogP contribution in [0, 0.1) is 6.92 Å². The van der Waals surface area contributed by atoms with Gasteiger partial charge in [0.25, 0.3) is 0 Å². The number of rotatable bonds is 2. The van der Waals surface area contributed by atoms with Gasteiger partial charge in [0.1, 0.15) is 11.3 Å². The molecule has 0 atom stereocenters. The predicted octanol–water partition coefficient (Wildman–Crippen LogP) is 4.72. The van der Waals surface area contributed by atoms with Gasteiger partial charge in [0, 0.05) is 10.9 Å². The summed E-state index contributed by atoms with van der Waals surface area (Å²) in [5.41, 5.74) is 1.22. The van der Waals surface area contributed by atoms with E-state index in [1.807, 2.05) is 30.3 Å². The van der Waals surface area contributed by atoms with Gasteiger partial charge >= 0.3 is 5.63 Å². The Hall–Kier alpha value is -2.49. The third-order valence-electron chi connectivity index (χ3n) is 4.77. The van der Waals surface area contributed by atoms with E-state index in [1.165, 1.54) is 0 Å². The van der Waals surface area contributed by atoms with Gasteiger partial charge in [-0.1, -0.05) is 31.0 Å². The molecular formula is C19H18O4. The minimum Gasteiger partial charge on any atom is -0.507 e. The van der Waals surface area contributed by atoms with Gasteiger partial charge in [0.15, 0.2) is 11.5 Å². The molecule has 0 unspecified atom stereocenters. The van der Waals surface area contributed by atoms with E-state index in [4.69, 9.17) is 8.83 Å². The van der Waals surface area contributed by atoms with Gasteiger partial charge in [-0.3, -0.25) is 0 Å². The van der Waals surface area contributed by atoms with Crippen LogP contribution in [0.15, 0.2) is 44.0 Å². The summed E-state index contributed by atoms with van der Waals surface area (Å²) in [7, 11) is 0. The van der Waals surface area contributed by atoms with Crippen LogP contribution in [0.5, 0.6) is 5.75 Å². The van der Waals surface area contributed by atoms with E-state index < -0.39 is 5.63 Å². The van der Waals surface area contributed by atoms with Crippen molar-refractivity contribution in [3.05, 3.63) is 51.9 Å². The second kappa shape index (κ2) is 5.30. The molecule has 0 amide bonds. The van der Waals surface area contributed by atoms with Crippen molar-refractivity contribution >= 4 is 11.0 Å². The SMILES string of the molecule is Cc1c(O)c(C2CCCC2)c(-c2cc3ccccc3o2)oc1=O. The first-order chi connectivity index (χ1) is 11.1. The molecule has 1 aliphatic rings. The highest BCUT2D eigenvalue weighted by atomic mass is 16.4. The molecule has 118 valence electrons. The fraction of sp³-hybridized carbons (Fsp3) is 0.316. The molecule has 4 heteroatoms. The molecule has 1 saturated carbocycles. The number of benzene rings is 1. The molecule has 1 aromatic carbocycles. The quantitative estimate of drug-likeness (QED) is 0.743. The average Bonchev–Trinajstić information content (AvgIpc) is 3.21. The van der Waals surface area contributed by atoms with Crippen molar-refractivity contribution < 1.29 is 13.9 Å². The predicted molar refractivity (Wildman–Crippen MR) is 87.8 cm³/mol. The van der Waals surface area contributed by atoms with E-state index in [1.54, 1.807) is 6.92 Å². The van der Waals surface area contributed by atoms with Crippen molar-refractivity contribution in [2.24, 2.45) is 0 Å². The summed E-state index contributed by atoms with van der Waals surface area (Å²) < 4.78 is 11.4. The molecule has 3 aromatic rings. The first kappa shape index (κ1) is 14.1. The monoisotopic (exact) mass is 310 g/mol. The molecule has 2 heterocycles. The third kappa shape index (κ3) is 2.25. The summed E-state index contributed by atoms with van der Waals surface area (Å²) in [5.74, 6) is 1.14. The van der Waals surface area contributed by atoms with Gasteiger partial charge < -0.3 is 13.9 Å². The van der Waals surface area contributed by atoms with Crippen LogP contribution in [-0.2, 0) is 0 Å². The van der Waals surface area contributed by atoms with Crippen LogP contribution in [0.3, 0.4) is 0 Å². The number of furan rings is 1. The molecule has 4 nitrogen and oxygen atoms in total. The van der Waals surface area contributed by atoms with Crippen molar-refractivity contribution in [3.63, 3.8) is 0 Å². The van der Waals surface area contributed by atoms with E-state index in [2.05, 4.69) is 0 Å². The Kier molecular flexibility index (Phi) is 3.26. The highest BCUT2D eigenvalue weighted by Gasteiger charge is 2.29. The van der Waals surface area contributed by atoms with E-state index in [-0.39, 0.29) is 17.2 Å². The minimum atomic E-state index is -0.514. The van der Waals surface area contributed by atoms with Gasteiger partial charge in [-0.05, 0) is 37.8 Å². The summed E-state index contributed by atoms with van der Waals surface area (Å²) in [6.45, 7) is 1.60. The van der Waals surface area contributed by atoms with Crippen molar-refractivity contribution in [3.8, 4) is 17.3 Å². The van der Waals surface area contributed by atoms with Gasteiger partial charge in [0.2, 0.25) is 0 Å². The summed E-state index contributed by atoms with van der Waals surface area (Å²) in [5, 5.41) is 11.5. The van der Waals surface area contributed by atoms with Gasteiger partial charge in [-0.2, -0.15) is 0 Å². The van der Waals surface area contributed by atoms with Crippen LogP contribution in [0.4, 0.5) is 0 Å². The molecule has 1 aliphatic carbocycles. The lowest BCUT2D eigenvalue weighted by atomic mass is 9.93. The number of aromatic hydroxyl groups is 1. The number of hydrogen-bond acceptors (Lipinski definition) is 4. The molecular weight excluding hydrogens is 292 g/mol. The summed E-state index contributed by atoms with van der Waals surface area (Å²) in [6, 6.07) is 9.52. The lowest BCUT2D eigenvalue weighted by Gasteiger charge is -2.15. The van der Waals surface area contributed by atoms with Crippen LogP contribution in [0.25, 0.3) is 22.5 Å². The fourth-order valence-electron chi connectivity index (χ4n) is 3.50. The number of fused-ring (bicyclic) bond motifs is 1. The van der Waals surface area contributed by atoms with Crippen LogP contribution < -0.4 is 5.63 Å². The van der Waals surface area contributed by atoms with E-state index in [9.17, 15) is 9.90 Å². The standard InChI is InChI=1S/C19H18O4/c1-11-17(20)16(12-6-2-3-7-12)18(23-19(11)21)15-10-13-8-4-5-9-14(13)22-15/h4-5,8-10,12,20H,2-3,6-7H2,1H3. The highest BCUT2D eigenvalue weighted by Crippen LogP contribution is 2.44. The maximum absolute atomic E-state index is 12.0. The molecule has 23 heavy (non-hydrogen) atoms. The van der Waals surface area contributed by atoms with Gasteiger partial charge in [-0.25, -0.2) is 4.79 Å². The maximum Gasteiger partial charge on any atom is 0.343 e. The smallest absolute Gasteiger partial charge is 0.343 e. The van der Waals surface area contributed by atoms with Crippen molar-refractivity contribution in [2.75, 3.05) is 0 Å². The molecule has 0 saturated heterocycles. The Bertz CT molecular complexity index is 893. The number of para-hydroxylation sites is 1. The molecule has 0 radical (unpaired) electrons. The zero-order valence-corrected chi connectivity index (χ0v) is 13.0. The Morgan fingerprint density at radius 3 is 2.61 bits per heavy atom. The third-order valence-corrected chi connectivity index (χ3v) is 4.77. The summed E-state index contributed by atoms with van der Waals surface area (Å²) >= 11 is 0. The molecule has 4 rings (SSSR count). The lowest BCUT2D eigenvalue weighted by Crippen LogP contribution is -2.09. The second-order valence-electron chi connectivity index (χ2n) is 6.24. The van der Waals surface area contributed by atoms with E-state index in [0.717, 1.165) is 42.2 Å². The van der Waals surface area contributed by atoms with Crippen LogP contribution >= 0.6 is 0 Å². The zero-order chi connectivity index (χ0) is 16.0. The van der Waals surface area contributed by atoms with Crippen LogP contribution in [0.1, 0.15) is 42.7 Å². The van der Waals surface area contributed by atoms with Crippen LogP contribution in [-0.4, -0.2) is 5.11 Å². The van der Waals surface area contributed by atoms with Gasteiger partial charge in [0.05, 0.1) is 5.56 Å². The molecule has 1 N–H and O–H groups in total. The fourth-order valence-corrected chi connectivity index (χ4v) is 3.50. The average molecular weight is 310 g/mol. The molecule has 2 aromatic heterocycles.